The molecule has 0 spiro atoms. The lowest BCUT2D eigenvalue weighted by molar-refractivity contribution is 1.11. The highest BCUT2D eigenvalue weighted by Gasteiger charge is 2.37. The number of rotatable bonds is 4. The summed E-state index contributed by atoms with van der Waals surface area (Å²) < 4.78 is 7.18. The Bertz CT molecular complexity index is 3170. The highest BCUT2D eigenvalue weighted by Crippen LogP contribution is 2.37. The van der Waals surface area contributed by atoms with Gasteiger partial charge < -0.3 is 4.57 Å². The molecule has 54 heavy (non-hydrogen) atoms. The molecule has 250 valence electrons. The van der Waals surface area contributed by atoms with E-state index in [4.69, 9.17) is 4.98 Å². The van der Waals surface area contributed by atoms with E-state index in [9.17, 15) is 0 Å². The minimum absolute atomic E-state index is 0.0111. The van der Waals surface area contributed by atoms with E-state index in [1.54, 1.807) is 0 Å². The topological polar surface area (TPSA) is 27.2 Å². The van der Waals surface area contributed by atoms with Gasteiger partial charge in [0.25, 0.3) is 0 Å². The first-order valence-electron chi connectivity index (χ1n) is 18.6. The predicted octanol–water partition coefficient (Wildman–Crippen LogP) is 9.69. The van der Waals surface area contributed by atoms with Crippen molar-refractivity contribution in [3.8, 4) is 33.6 Å². The standard InChI is InChI=1S/C49H31BN4/c1-3-16-32(17-4-1)34-22-13-23-35(33-18-5-2-6-19-33)46(34)50-38-24-9-12-28-42(38)54-48-39(50)25-14-31-45(48)53-44-30-15-29-43(47(44)51-49(53)54)52-40-26-10-7-20-36(40)37-21-8-11-27-41(37)52/h1-31H. The van der Waals surface area contributed by atoms with Crippen molar-refractivity contribution in [3.63, 3.8) is 0 Å². The van der Waals surface area contributed by atoms with Crippen LogP contribution in [0, 0.1) is 0 Å². The largest absolute Gasteiger partial charge is 0.307 e. The summed E-state index contributed by atoms with van der Waals surface area (Å²) >= 11 is 0. The molecule has 4 heterocycles. The second kappa shape index (κ2) is 11.2. The zero-order valence-electron chi connectivity index (χ0n) is 29.3. The Kier molecular flexibility index (Phi) is 6.11. The van der Waals surface area contributed by atoms with Crippen LogP contribution in [0.2, 0.25) is 0 Å². The van der Waals surface area contributed by atoms with E-state index in [1.807, 2.05) is 0 Å². The zero-order chi connectivity index (χ0) is 35.3. The molecule has 0 saturated carbocycles. The van der Waals surface area contributed by atoms with Crippen molar-refractivity contribution in [2.75, 3.05) is 0 Å². The van der Waals surface area contributed by atoms with Gasteiger partial charge in [-0.3, -0.25) is 8.97 Å². The molecule has 0 saturated heterocycles. The van der Waals surface area contributed by atoms with E-state index in [-0.39, 0.29) is 6.71 Å². The average Bonchev–Trinajstić information content (AvgIpc) is 3.90. The third kappa shape index (κ3) is 3.95. The number of para-hydroxylation sites is 5. The lowest BCUT2D eigenvalue weighted by atomic mass is 9.34. The van der Waals surface area contributed by atoms with Crippen molar-refractivity contribution in [2.24, 2.45) is 0 Å². The molecule has 0 radical (unpaired) electrons. The molecule has 0 N–H and O–H groups in total. The first kappa shape index (κ1) is 29.5. The summed E-state index contributed by atoms with van der Waals surface area (Å²) in [6.45, 7) is -0.0111. The van der Waals surface area contributed by atoms with Gasteiger partial charge in [-0.2, -0.15) is 0 Å². The van der Waals surface area contributed by atoms with Crippen LogP contribution in [-0.2, 0) is 0 Å². The molecular formula is C49H31BN4. The molecule has 0 fully saturated rings. The molecule has 4 nitrogen and oxygen atoms in total. The quantitative estimate of drug-likeness (QED) is 0.170. The Balaban J connectivity index is 1.18. The summed E-state index contributed by atoms with van der Waals surface area (Å²) in [7, 11) is 0. The number of fused-ring (bicyclic) bond motifs is 10. The summed E-state index contributed by atoms with van der Waals surface area (Å²) in [4.78, 5) is 5.60. The van der Waals surface area contributed by atoms with E-state index in [0.29, 0.717) is 0 Å². The second-order valence-electron chi connectivity index (χ2n) is 14.3. The Morgan fingerprint density at radius 3 is 1.61 bits per heavy atom. The molecule has 0 unspecified atom stereocenters. The number of hydrogen-bond donors (Lipinski definition) is 0. The maximum absolute atomic E-state index is 5.60. The maximum Gasteiger partial charge on any atom is 0.248 e. The van der Waals surface area contributed by atoms with Crippen LogP contribution in [0.4, 0.5) is 0 Å². The predicted molar refractivity (Wildman–Crippen MR) is 226 cm³/mol. The van der Waals surface area contributed by atoms with E-state index in [2.05, 4.69) is 202 Å². The second-order valence-corrected chi connectivity index (χ2v) is 14.3. The fourth-order valence-corrected chi connectivity index (χ4v) is 9.39. The zero-order valence-corrected chi connectivity index (χ0v) is 29.3. The average molecular weight is 687 g/mol. The third-order valence-electron chi connectivity index (χ3n) is 11.5. The number of aromatic nitrogens is 4. The van der Waals surface area contributed by atoms with E-state index >= 15 is 0 Å². The molecule has 0 bridgehead atoms. The molecule has 1 aliphatic rings. The van der Waals surface area contributed by atoms with Gasteiger partial charge in [-0.25, -0.2) is 4.98 Å². The Morgan fingerprint density at radius 2 is 0.907 bits per heavy atom. The third-order valence-corrected chi connectivity index (χ3v) is 11.5. The number of hydrogen-bond acceptors (Lipinski definition) is 1. The van der Waals surface area contributed by atoms with Crippen LogP contribution in [0.15, 0.2) is 188 Å². The number of imidazole rings is 2. The lowest BCUT2D eigenvalue weighted by Crippen LogP contribution is -2.57. The van der Waals surface area contributed by atoms with Crippen LogP contribution >= 0.6 is 0 Å². The monoisotopic (exact) mass is 686 g/mol. The van der Waals surface area contributed by atoms with Crippen molar-refractivity contribution >= 4 is 72.8 Å². The van der Waals surface area contributed by atoms with Crippen LogP contribution in [0.3, 0.4) is 0 Å². The molecule has 12 rings (SSSR count). The summed E-state index contributed by atoms with van der Waals surface area (Å²) in [6, 6.07) is 68.3. The van der Waals surface area contributed by atoms with Gasteiger partial charge in [0, 0.05) is 16.5 Å². The summed E-state index contributed by atoms with van der Waals surface area (Å²) in [5.74, 6) is 0.922. The molecule has 1 aliphatic heterocycles. The Labute approximate surface area is 311 Å². The fourth-order valence-electron chi connectivity index (χ4n) is 9.39. The summed E-state index contributed by atoms with van der Waals surface area (Å²) in [5.41, 5.74) is 17.8. The summed E-state index contributed by atoms with van der Waals surface area (Å²) in [6.07, 6.45) is 0. The molecular weight excluding hydrogens is 655 g/mol. The van der Waals surface area contributed by atoms with Crippen molar-refractivity contribution in [2.45, 2.75) is 0 Å². The first-order valence-corrected chi connectivity index (χ1v) is 18.6. The minimum Gasteiger partial charge on any atom is -0.307 e. The van der Waals surface area contributed by atoms with E-state index in [0.717, 1.165) is 33.7 Å². The Morgan fingerprint density at radius 1 is 0.389 bits per heavy atom. The molecule has 5 heteroatoms. The van der Waals surface area contributed by atoms with Crippen LogP contribution in [-0.4, -0.2) is 25.2 Å². The smallest absolute Gasteiger partial charge is 0.248 e. The molecule has 0 atom stereocenters. The van der Waals surface area contributed by atoms with Gasteiger partial charge >= 0.3 is 0 Å². The van der Waals surface area contributed by atoms with Crippen LogP contribution in [0.1, 0.15) is 0 Å². The minimum atomic E-state index is -0.0111. The normalized spacial score (nSPS) is 12.4. The number of nitrogens with zero attached hydrogens (tertiary/aromatic N) is 4. The van der Waals surface area contributed by atoms with E-state index in [1.165, 1.54) is 66.0 Å². The fraction of sp³-hybridized carbons (Fsp3) is 0. The molecule has 0 amide bonds. The van der Waals surface area contributed by atoms with Crippen molar-refractivity contribution in [1.29, 1.82) is 0 Å². The van der Waals surface area contributed by atoms with Gasteiger partial charge in [0.1, 0.15) is 5.52 Å². The SMILES string of the molecule is c1ccc(-c2cccc(-c3ccccc3)c2B2c3ccccc3-n3c4c2cccc4n2c4cccc(-n5c6ccccc6c6ccccc65)c4nc32)cc1. The maximum atomic E-state index is 5.60. The van der Waals surface area contributed by atoms with Gasteiger partial charge in [-0.15, -0.1) is 0 Å². The molecule has 8 aromatic carbocycles. The Hall–Kier alpha value is -7.11. The van der Waals surface area contributed by atoms with Crippen molar-refractivity contribution in [3.05, 3.63) is 188 Å². The summed E-state index contributed by atoms with van der Waals surface area (Å²) in [5, 5.41) is 2.49. The van der Waals surface area contributed by atoms with Crippen LogP contribution < -0.4 is 16.4 Å². The van der Waals surface area contributed by atoms with Crippen LogP contribution in [0.25, 0.3) is 83.3 Å². The molecule has 3 aromatic heterocycles. The van der Waals surface area contributed by atoms with Crippen molar-refractivity contribution < 1.29 is 0 Å². The molecule has 0 aliphatic carbocycles. The number of benzene rings is 8. The van der Waals surface area contributed by atoms with Crippen molar-refractivity contribution in [1.82, 2.24) is 18.5 Å². The first-order chi connectivity index (χ1) is 26.8. The van der Waals surface area contributed by atoms with Gasteiger partial charge in [0.15, 0.2) is 0 Å². The lowest BCUT2D eigenvalue weighted by Gasteiger charge is -2.29. The van der Waals surface area contributed by atoms with Gasteiger partial charge in [0.2, 0.25) is 12.5 Å². The van der Waals surface area contributed by atoms with Crippen LogP contribution in [0.5, 0.6) is 0 Å². The molecule has 11 aromatic rings. The van der Waals surface area contributed by atoms with Gasteiger partial charge in [-0.05, 0) is 69.6 Å². The van der Waals surface area contributed by atoms with Gasteiger partial charge in [-0.1, -0.05) is 157 Å². The van der Waals surface area contributed by atoms with Gasteiger partial charge in [0.05, 0.1) is 33.3 Å². The van der Waals surface area contributed by atoms with E-state index < -0.39 is 0 Å². The highest BCUT2D eigenvalue weighted by molar-refractivity contribution is 6.99. The highest BCUT2D eigenvalue weighted by atomic mass is 15.2.